The zero-order valence-corrected chi connectivity index (χ0v) is 9.66. The molecule has 0 bridgehead atoms. The fourth-order valence-electron chi connectivity index (χ4n) is 1.91. The van der Waals surface area contributed by atoms with Gasteiger partial charge in [0, 0.05) is 6.54 Å². The third-order valence-corrected chi connectivity index (χ3v) is 2.93. The number of nitrogens with one attached hydrogen (secondary N) is 1. The SMILES string of the molecule is CC1NCC(c2ccc(C(C)C)cc2)O1. The topological polar surface area (TPSA) is 21.3 Å². The zero-order valence-electron chi connectivity index (χ0n) is 9.66. The molecule has 82 valence electrons. The van der Waals surface area contributed by atoms with E-state index in [1.54, 1.807) is 0 Å². The van der Waals surface area contributed by atoms with E-state index in [1.165, 1.54) is 11.1 Å². The maximum absolute atomic E-state index is 5.74. The molecule has 2 rings (SSSR count). The molecule has 1 saturated heterocycles. The van der Waals surface area contributed by atoms with Crippen molar-refractivity contribution in [3.8, 4) is 0 Å². The highest BCUT2D eigenvalue weighted by atomic mass is 16.5. The fourth-order valence-corrected chi connectivity index (χ4v) is 1.91. The number of ether oxygens (including phenoxy) is 1. The van der Waals surface area contributed by atoms with Crippen molar-refractivity contribution in [1.82, 2.24) is 5.32 Å². The molecule has 1 fully saturated rings. The summed E-state index contributed by atoms with van der Waals surface area (Å²) in [7, 11) is 0. The Kier molecular flexibility index (Phi) is 3.08. The van der Waals surface area contributed by atoms with Crippen molar-refractivity contribution in [2.75, 3.05) is 6.54 Å². The van der Waals surface area contributed by atoms with Crippen LogP contribution in [0.3, 0.4) is 0 Å². The lowest BCUT2D eigenvalue weighted by molar-refractivity contribution is 0.0529. The largest absolute Gasteiger partial charge is 0.354 e. The van der Waals surface area contributed by atoms with Crippen molar-refractivity contribution in [1.29, 1.82) is 0 Å². The molecule has 0 aromatic heterocycles. The van der Waals surface area contributed by atoms with Crippen LogP contribution in [0.15, 0.2) is 24.3 Å². The van der Waals surface area contributed by atoms with Gasteiger partial charge in [-0.05, 0) is 24.0 Å². The van der Waals surface area contributed by atoms with Gasteiger partial charge < -0.3 is 4.74 Å². The van der Waals surface area contributed by atoms with Crippen LogP contribution in [0.5, 0.6) is 0 Å². The third kappa shape index (κ3) is 2.39. The van der Waals surface area contributed by atoms with Crippen molar-refractivity contribution >= 4 is 0 Å². The van der Waals surface area contributed by atoms with Gasteiger partial charge in [-0.2, -0.15) is 0 Å². The van der Waals surface area contributed by atoms with Crippen LogP contribution in [0.1, 0.15) is 43.9 Å². The van der Waals surface area contributed by atoms with E-state index in [9.17, 15) is 0 Å². The number of benzene rings is 1. The van der Waals surface area contributed by atoms with Crippen LogP contribution in [-0.2, 0) is 4.74 Å². The summed E-state index contributed by atoms with van der Waals surface area (Å²) in [6.07, 6.45) is 0.404. The predicted octanol–water partition coefficient (Wildman–Crippen LogP) is 2.82. The first kappa shape index (κ1) is 10.7. The van der Waals surface area contributed by atoms with Crippen LogP contribution < -0.4 is 5.32 Å². The number of hydrogen-bond acceptors (Lipinski definition) is 2. The van der Waals surface area contributed by atoms with Gasteiger partial charge >= 0.3 is 0 Å². The molecule has 1 aromatic carbocycles. The zero-order chi connectivity index (χ0) is 10.8. The molecule has 1 N–H and O–H groups in total. The molecule has 2 atom stereocenters. The summed E-state index contributed by atoms with van der Waals surface area (Å²) >= 11 is 0. The van der Waals surface area contributed by atoms with Crippen molar-refractivity contribution in [3.63, 3.8) is 0 Å². The standard InChI is InChI=1S/C13H19NO/c1-9(2)11-4-6-12(7-5-11)13-8-14-10(3)15-13/h4-7,9-10,13-14H,8H2,1-3H3. The minimum atomic E-state index is 0.180. The quantitative estimate of drug-likeness (QED) is 0.801. The summed E-state index contributed by atoms with van der Waals surface area (Å²) in [5, 5.41) is 3.28. The summed E-state index contributed by atoms with van der Waals surface area (Å²) in [6.45, 7) is 7.39. The van der Waals surface area contributed by atoms with Crippen LogP contribution in [0.25, 0.3) is 0 Å². The first-order valence-corrected chi connectivity index (χ1v) is 5.65. The molecule has 1 heterocycles. The van der Waals surface area contributed by atoms with E-state index in [-0.39, 0.29) is 12.3 Å². The Morgan fingerprint density at radius 1 is 1.27 bits per heavy atom. The van der Waals surface area contributed by atoms with E-state index in [0.29, 0.717) is 5.92 Å². The fraction of sp³-hybridized carbons (Fsp3) is 0.538. The highest BCUT2D eigenvalue weighted by Crippen LogP contribution is 2.24. The Morgan fingerprint density at radius 2 is 1.93 bits per heavy atom. The van der Waals surface area contributed by atoms with E-state index in [1.807, 2.05) is 6.92 Å². The number of rotatable bonds is 2. The molecule has 2 heteroatoms. The lowest BCUT2D eigenvalue weighted by Crippen LogP contribution is -2.17. The minimum Gasteiger partial charge on any atom is -0.354 e. The van der Waals surface area contributed by atoms with E-state index in [4.69, 9.17) is 4.74 Å². The van der Waals surface area contributed by atoms with Crippen molar-refractivity contribution in [3.05, 3.63) is 35.4 Å². The van der Waals surface area contributed by atoms with Crippen LogP contribution in [0.4, 0.5) is 0 Å². The second kappa shape index (κ2) is 4.33. The van der Waals surface area contributed by atoms with Crippen molar-refractivity contribution < 1.29 is 4.74 Å². The molecule has 1 aromatic rings. The Labute approximate surface area is 91.6 Å². The Morgan fingerprint density at radius 3 is 2.40 bits per heavy atom. The Hall–Kier alpha value is -0.860. The van der Waals surface area contributed by atoms with Gasteiger partial charge in [0.2, 0.25) is 0 Å². The smallest absolute Gasteiger partial charge is 0.106 e. The van der Waals surface area contributed by atoms with E-state index in [0.717, 1.165) is 6.54 Å². The molecule has 1 aliphatic heterocycles. The monoisotopic (exact) mass is 205 g/mol. The van der Waals surface area contributed by atoms with Gasteiger partial charge in [0.25, 0.3) is 0 Å². The van der Waals surface area contributed by atoms with Gasteiger partial charge in [-0.1, -0.05) is 38.1 Å². The average Bonchev–Trinajstić information content (AvgIpc) is 2.65. The molecule has 0 aliphatic carbocycles. The maximum atomic E-state index is 5.74. The molecular weight excluding hydrogens is 186 g/mol. The van der Waals surface area contributed by atoms with Crippen LogP contribution in [0.2, 0.25) is 0 Å². The van der Waals surface area contributed by atoms with Gasteiger partial charge in [-0.15, -0.1) is 0 Å². The first-order valence-electron chi connectivity index (χ1n) is 5.65. The second-order valence-electron chi connectivity index (χ2n) is 4.50. The highest BCUT2D eigenvalue weighted by Gasteiger charge is 2.22. The Balaban J connectivity index is 2.10. The molecule has 0 amide bonds. The normalized spacial score (nSPS) is 26.1. The molecule has 0 radical (unpaired) electrons. The van der Waals surface area contributed by atoms with E-state index >= 15 is 0 Å². The van der Waals surface area contributed by atoms with Crippen LogP contribution >= 0.6 is 0 Å². The van der Waals surface area contributed by atoms with Gasteiger partial charge in [0.05, 0.1) is 6.10 Å². The number of hydrogen-bond donors (Lipinski definition) is 1. The van der Waals surface area contributed by atoms with Gasteiger partial charge in [0.1, 0.15) is 6.23 Å². The summed E-state index contributed by atoms with van der Waals surface area (Å²) in [4.78, 5) is 0. The maximum Gasteiger partial charge on any atom is 0.106 e. The summed E-state index contributed by atoms with van der Waals surface area (Å²) in [5.41, 5.74) is 2.66. The minimum absolute atomic E-state index is 0.180. The third-order valence-electron chi connectivity index (χ3n) is 2.93. The van der Waals surface area contributed by atoms with Crippen LogP contribution in [0, 0.1) is 0 Å². The molecule has 2 unspecified atom stereocenters. The second-order valence-corrected chi connectivity index (χ2v) is 4.50. The molecule has 15 heavy (non-hydrogen) atoms. The predicted molar refractivity (Wildman–Crippen MR) is 61.8 cm³/mol. The van der Waals surface area contributed by atoms with Crippen molar-refractivity contribution in [2.24, 2.45) is 0 Å². The van der Waals surface area contributed by atoms with E-state index in [2.05, 4.69) is 43.4 Å². The Bertz CT molecular complexity index is 318. The van der Waals surface area contributed by atoms with Crippen LogP contribution in [-0.4, -0.2) is 12.8 Å². The molecule has 1 aliphatic rings. The lowest BCUT2D eigenvalue weighted by atomic mass is 10.00. The molecule has 2 nitrogen and oxygen atoms in total. The average molecular weight is 205 g/mol. The first-order chi connectivity index (χ1) is 7.16. The van der Waals surface area contributed by atoms with E-state index < -0.39 is 0 Å². The lowest BCUT2D eigenvalue weighted by Gasteiger charge is -2.12. The van der Waals surface area contributed by atoms with Gasteiger partial charge in [-0.3, -0.25) is 5.32 Å². The molecular formula is C13H19NO. The molecule has 0 saturated carbocycles. The summed E-state index contributed by atoms with van der Waals surface area (Å²) in [5.74, 6) is 0.598. The van der Waals surface area contributed by atoms with Crippen molar-refractivity contribution in [2.45, 2.75) is 39.0 Å². The highest BCUT2D eigenvalue weighted by molar-refractivity contribution is 5.26. The summed E-state index contributed by atoms with van der Waals surface area (Å²) < 4.78 is 5.74. The molecule has 0 spiro atoms. The van der Waals surface area contributed by atoms with Gasteiger partial charge in [0.15, 0.2) is 0 Å². The summed E-state index contributed by atoms with van der Waals surface area (Å²) in [6, 6.07) is 8.76. The van der Waals surface area contributed by atoms with Gasteiger partial charge in [-0.25, -0.2) is 0 Å².